The number of aliphatic hydroxyl groups is 1. The van der Waals surface area contributed by atoms with Crippen molar-refractivity contribution < 1.29 is 9.50 Å². The van der Waals surface area contributed by atoms with E-state index in [0.29, 0.717) is 21.4 Å². The van der Waals surface area contributed by atoms with Gasteiger partial charge in [0, 0.05) is 10.4 Å². The van der Waals surface area contributed by atoms with Crippen LogP contribution in [0.3, 0.4) is 0 Å². The number of benzene rings is 3. The normalized spacial score (nSPS) is 12.6. The highest BCUT2D eigenvalue weighted by molar-refractivity contribution is 6.30. The van der Waals surface area contributed by atoms with E-state index >= 15 is 0 Å². The number of aliphatic hydroxyl groups excluding tert-OH is 1. The lowest BCUT2D eigenvalue weighted by Gasteiger charge is -2.17. The summed E-state index contributed by atoms with van der Waals surface area (Å²) < 4.78 is 13.9. The van der Waals surface area contributed by atoms with Crippen LogP contribution in [-0.4, -0.2) is 5.11 Å². The van der Waals surface area contributed by atoms with E-state index in [9.17, 15) is 9.50 Å². The second kappa shape index (κ2) is 5.47. The maximum Gasteiger partial charge on any atom is 0.131 e. The predicted octanol–water partition coefficient (Wildman–Crippen LogP) is 5.02. The van der Waals surface area contributed by atoms with Crippen LogP contribution < -0.4 is 0 Å². The molecule has 21 heavy (non-hydrogen) atoms. The van der Waals surface area contributed by atoms with Crippen LogP contribution in [0.25, 0.3) is 10.8 Å². The smallest absolute Gasteiger partial charge is 0.131 e. The molecule has 3 rings (SSSR count). The highest BCUT2D eigenvalue weighted by atomic mass is 35.5. The quantitative estimate of drug-likeness (QED) is 0.704. The first-order valence-electron chi connectivity index (χ1n) is 6.69. The highest BCUT2D eigenvalue weighted by Crippen LogP contribution is 2.32. The number of hydrogen-bond acceptors (Lipinski definition) is 1. The topological polar surface area (TPSA) is 20.2 Å². The van der Waals surface area contributed by atoms with Gasteiger partial charge in [-0.3, -0.25) is 0 Å². The number of hydrogen-bond donors (Lipinski definition) is 1. The van der Waals surface area contributed by atoms with E-state index in [1.165, 1.54) is 6.07 Å². The number of fused-ring (bicyclic) bond motifs is 1. The van der Waals surface area contributed by atoms with E-state index in [1.807, 2.05) is 25.1 Å². The molecule has 0 spiro atoms. The molecule has 1 atom stereocenters. The van der Waals surface area contributed by atoms with Crippen molar-refractivity contribution in [1.29, 1.82) is 0 Å². The summed E-state index contributed by atoms with van der Waals surface area (Å²) in [5, 5.41) is 12.5. The summed E-state index contributed by atoms with van der Waals surface area (Å²) in [6.07, 6.45) is -0.839. The van der Waals surface area contributed by atoms with Gasteiger partial charge in [-0.05, 0) is 47.2 Å². The lowest BCUT2D eigenvalue weighted by atomic mass is 9.93. The van der Waals surface area contributed by atoms with Crippen LogP contribution in [0.5, 0.6) is 0 Å². The van der Waals surface area contributed by atoms with Crippen LogP contribution in [0, 0.1) is 12.7 Å². The molecule has 0 aliphatic rings. The Morgan fingerprint density at radius 3 is 2.43 bits per heavy atom. The zero-order chi connectivity index (χ0) is 15.0. The van der Waals surface area contributed by atoms with Crippen LogP contribution in [0.4, 0.5) is 4.39 Å². The molecule has 3 aromatic rings. The number of halogens is 2. The van der Waals surface area contributed by atoms with Crippen molar-refractivity contribution >= 4 is 22.4 Å². The lowest BCUT2D eigenvalue weighted by Crippen LogP contribution is -2.03. The van der Waals surface area contributed by atoms with E-state index in [4.69, 9.17) is 11.6 Å². The van der Waals surface area contributed by atoms with Gasteiger partial charge in [0.05, 0.1) is 0 Å². The van der Waals surface area contributed by atoms with Crippen molar-refractivity contribution in [2.24, 2.45) is 0 Å². The molecule has 1 N–H and O–H groups in total. The average molecular weight is 301 g/mol. The molecule has 3 heteroatoms. The van der Waals surface area contributed by atoms with Crippen LogP contribution >= 0.6 is 11.6 Å². The van der Waals surface area contributed by atoms with Gasteiger partial charge in [-0.1, -0.05) is 48.0 Å². The van der Waals surface area contributed by atoms with Crippen molar-refractivity contribution in [2.45, 2.75) is 13.0 Å². The third-order valence-corrected chi connectivity index (χ3v) is 3.97. The van der Waals surface area contributed by atoms with Crippen LogP contribution in [0.1, 0.15) is 22.8 Å². The van der Waals surface area contributed by atoms with Gasteiger partial charge >= 0.3 is 0 Å². The summed E-state index contributed by atoms with van der Waals surface area (Å²) >= 11 is 6.02. The Morgan fingerprint density at radius 2 is 1.67 bits per heavy atom. The van der Waals surface area contributed by atoms with E-state index in [0.717, 1.165) is 11.1 Å². The molecule has 0 aromatic heterocycles. The number of rotatable bonds is 2. The Bertz CT molecular complexity index is 813. The van der Waals surface area contributed by atoms with Gasteiger partial charge < -0.3 is 5.11 Å². The van der Waals surface area contributed by atoms with Crippen LogP contribution in [0.15, 0.2) is 54.6 Å². The zero-order valence-corrected chi connectivity index (χ0v) is 12.2. The second-order valence-corrected chi connectivity index (χ2v) is 5.52. The molecule has 0 saturated carbocycles. The molecular weight excluding hydrogens is 287 g/mol. The summed E-state index contributed by atoms with van der Waals surface area (Å²) in [5.41, 5.74) is 2.36. The van der Waals surface area contributed by atoms with Gasteiger partial charge in [-0.15, -0.1) is 0 Å². The molecule has 0 bridgehead atoms. The third kappa shape index (κ3) is 2.53. The maximum atomic E-state index is 13.9. The van der Waals surface area contributed by atoms with Crippen molar-refractivity contribution in [3.8, 4) is 0 Å². The Labute approximate surface area is 127 Å². The van der Waals surface area contributed by atoms with Crippen molar-refractivity contribution in [2.75, 3.05) is 0 Å². The van der Waals surface area contributed by atoms with Gasteiger partial charge in [0.1, 0.15) is 11.9 Å². The fourth-order valence-corrected chi connectivity index (χ4v) is 2.78. The van der Waals surface area contributed by atoms with E-state index in [-0.39, 0.29) is 5.82 Å². The van der Waals surface area contributed by atoms with E-state index in [2.05, 4.69) is 0 Å². The monoisotopic (exact) mass is 300 g/mol. The molecule has 0 amide bonds. The summed E-state index contributed by atoms with van der Waals surface area (Å²) in [7, 11) is 0. The summed E-state index contributed by atoms with van der Waals surface area (Å²) in [6.45, 7) is 1.92. The summed E-state index contributed by atoms with van der Waals surface area (Å²) in [5.74, 6) is -0.288. The molecule has 0 aliphatic carbocycles. The van der Waals surface area contributed by atoms with Crippen LogP contribution in [-0.2, 0) is 0 Å². The van der Waals surface area contributed by atoms with Gasteiger partial charge in [-0.25, -0.2) is 4.39 Å². The molecule has 0 heterocycles. The number of aryl methyl sites for hydroxylation is 1. The van der Waals surface area contributed by atoms with Gasteiger partial charge in [-0.2, -0.15) is 0 Å². The third-order valence-electron chi connectivity index (χ3n) is 3.74. The molecule has 0 saturated heterocycles. The van der Waals surface area contributed by atoms with Gasteiger partial charge in [0.2, 0.25) is 0 Å². The zero-order valence-electron chi connectivity index (χ0n) is 11.5. The fraction of sp³-hybridized carbons (Fsp3) is 0.111. The fourth-order valence-electron chi connectivity index (χ4n) is 2.60. The Morgan fingerprint density at radius 1 is 0.952 bits per heavy atom. The molecule has 0 fully saturated rings. The average Bonchev–Trinajstić information content (AvgIpc) is 2.50. The van der Waals surface area contributed by atoms with Crippen molar-refractivity contribution in [1.82, 2.24) is 0 Å². The predicted molar refractivity (Wildman–Crippen MR) is 84.2 cm³/mol. The second-order valence-electron chi connectivity index (χ2n) is 5.09. The van der Waals surface area contributed by atoms with Crippen molar-refractivity contribution in [3.63, 3.8) is 0 Å². The highest BCUT2D eigenvalue weighted by Gasteiger charge is 2.17. The summed E-state index contributed by atoms with van der Waals surface area (Å²) in [4.78, 5) is 0. The lowest BCUT2D eigenvalue weighted by molar-refractivity contribution is 0.221. The standard InChI is InChI=1S/C18H14ClFO/c1-11-6-7-12(19)10-16(11)18(21)15-8-9-17(20)14-5-3-2-4-13(14)15/h2-10,18,21H,1H3. The Hall–Kier alpha value is -1.90. The summed E-state index contributed by atoms with van der Waals surface area (Å²) in [6, 6.07) is 15.6. The Balaban J connectivity index is 2.20. The molecule has 1 unspecified atom stereocenters. The van der Waals surface area contributed by atoms with Gasteiger partial charge in [0.15, 0.2) is 0 Å². The first kappa shape index (κ1) is 14.1. The Kier molecular flexibility index (Phi) is 3.66. The molecule has 0 aliphatic heterocycles. The van der Waals surface area contributed by atoms with E-state index < -0.39 is 6.10 Å². The molecule has 1 nitrogen and oxygen atoms in total. The molecule has 106 valence electrons. The minimum Gasteiger partial charge on any atom is -0.384 e. The minimum atomic E-state index is -0.839. The molecular formula is C18H14ClFO. The molecule has 3 aromatic carbocycles. The van der Waals surface area contributed by atoms with Gasteiger partial charge in [0.25, 0.3) is 0 Å². The van der Waals surface area contributed by atoms with Crippen molar-refractivity contribution in [3.05, 3.63) is 82.1 Å². The molecule has 0 radical (unpaired) electrons. The van der Waals surface area contributed by atoms with E-state index in [1.54, 1.807) is 30.3 Å². The SMILES string of the molecule is Cc1ccc(Cl)cc1C(O)c1ccc(F)c2ccccc12. The largest absolute Gasteiger partial charge is 0.384 e. The minimum absolute atomic E-state index is 0.288. The first-order valence-corrected chi connectivity index (χ1v) is 7.07. The van der Waals surface area contributed by atoms with Crippen LogP contribution in [0.2, 0.25) is 5.02 Å². The first-order chi connectivity index (χ1) is 10.1. The maximum absolute atomic E-state index is 13.9.